The highest BCUT2D eigenvalue weighted by Crippen LogP contribution is 2.37. The van der Waals surface area contributed by atoms with Crippen LogP contribution < -0.4 is 4.90 Å². The second-order valence-electron chi connectivity index (χ2n) is 7.67. The van der Waals surface area contributed by atoms with Crippen LogP contribution in [0.1, 0.15) is 11.1 Å². The molecule has 0 N–H and O–H groups in total. The fraction of sp³-hybridized carbons (Fsp3) is 0.320. The first-order valence-corrected chi connectivity index (χ1v) is 11.5. The Kier molecular flexibility index (Phi) is 8.54. The molecule has 0 aromatic heterocycles. The van der Waals surface area contributed by atoms with Crippen LogP contribution in [0.15, 0.2) is 64.4 Å². The van der Waals surface area contributed by atoms with E-state index in [1.165, 1.54) is 28.0 Å². The average molecular weight is 469 g/mol. The molecular formula is C25H28N2O5S. The van der Waals surface area contributed by atoms with Gasteiger partial charge in [-0.3, -0.25) is 4.79 Å². The summed E-state index contributed by atoms with van der Waals surface area (Å²) < 4.78 is 9.33. The summed E-state index contributed by atoms with van der Waals surface area (Å²) in [5.41, 5.74) is 3.64. The van der Waals surface area contributed by atoms with Crippen LogP contribution in [0, 0.1) is 13.8 Å². The number of hydrogen-bond acceptors (Lipinski definition) is 7. The van der Waals surface area contributed by atoms with Crippen LogP contribution in [-0.4, -0.2) is 62.6 Å². The molecule has 8 heteroatoms. The second kappa shape index (κ2) is 11.6. The highest BCUT2D eigenvalue weighted by atomic mass is 32.2. The lowest BCUT2D eigenvalue weighted by Crippen LogP contribution is -2.50. The number of carbonyl (C=O) groups excluding carboxylic acids is 3. The van der Waals surface area contributed by atoms with E-state index in [0.29, 0.717) is 26.2 Å². The fourth-order valence-electron chi connectivity index (χ4n) is 3.51. The van der Waals surface area contributed by atoms with E-state index in [-0.39, 0.29) is 12.5 Å². The van der Waals surface area contributed by atoms with E-state index >= 15 is 0 Å². The lowest BCUT2D eigenvalue weighted by molar-refractivity contribution is -0.148. The van der Waals surface area contributed by atoms with Crippen molar-refractivity contribution in [1.29, 1.82) is 0 Å². The minimum Gasteiger partial charge on any atom is -0.466 e. The van der Waals surface area contributed by atoms with Crippen LogP contribution in [0.2, 0.25) is 0 Å². The molecule has 0 unspecified atom stereocenters. The Bertz CT molecular complexity index is 1040. The van der Waals surface area contributed by atoms with Gasteiger partial charge < -0.3 is 19.3 Å². The van der Waals surface area contributed by atoms with E-state index in [0.717, 1.165) is 17.8 Å². The zero-order valence-corrected chi connectivity index (χ0v) is 19.9. The Morgan fingerprint density at radius 1 is 0.939 bits per heavy atom. The third kappa shape index (κ3) is 6.86. The molecule has 2 aromatic rings. The number of rotatable bonds is 7. The Balaban J connectivity index is 1.56. The minimum absolute atomic E-state index is 0.257. The Morgan fingerprint density at radius 3 is 2.33 bits per heavy atom. The fourth-order valence-corrected chi connectivity index (χ4v) is 4.55. The molecule has 0 radical (unpaired) electrons. The van der Waals surface area contributed by atoms with Crippen LogP contribution in [0.25, 0.3) is 0 Å². The predicted octanol–water partition coefficient (Wildman–Crippen LogP) is 3.38. The zero-order valence-electron chi connectivity index (χ0n) is 19.1. The molecule has 3 rings (SSSR count). The molecule has 0 aliphatic carbocycles. The maximum Gasteiger partial charge on any atom is 0.331 e. The molecule has 2 aromatic carbocycles. The van der Waals surface area contributed by atoms with Crippen molar-refractivity contribution in [2.45, 2.75) is 23.6 Å². The maximum atomic E-state index is 12.4. The van der Waals surface area contributed by atoms with E-state index < -0.39 is 11.9 Å². The van der Waals surface area contributed by atoms with Gasteiger partial charge in [-0.05, 0) is 37.6 Å². The number of anilines is 1. The molecular weight excluding hydrogens is 440 g/mol. The van der Waals surface area contributed by atoms with E-state index in [9.17, 15) is 14.4 Å². The number of para-hydroxylation sites is 1. The van der Waals surface area contributed by atoms with E-state index in [2.05, 4.69) is 53.8 Å². The van der Waals surface area contributed by atoms with Gasteiger partial charge in [-0.15, -0.1) is 0 Å². The molecule has 7 nitrogen and oxygen atoms in total. The topological polar surface area (TPSA) is 76.2 Å². The summed E-state index contributed by atoms with van der Waals surface area (Å²) in [7, 11) is 1.21. The standard InChI is InChI=1S/C25H28N2O5S/c1-18-8-9-21(19(2)16-18)33-22-7-5-4-6-20(22)26-12-14-27(15-13-26)23(28)17-32-25(30)11-10-24(29)31-3/h4-11,16H,12-15,17H2,1-3H3/b11-10+. The lowest BCUT2D eigenvalue weighted by atomic mass is 10.2. The van der Waals surface area contributed by atoms with Crippen molar-refractivity contribution >= 4 is 35.3 Å². The molecule has 1 aliphatic heterocycles. The number of amides is 1. The van der Waals surface area contributed by atoms with Crippen molar-refractivity contribution in [3.8, 4) is 0 Å². The molecule has 1 saturated heterocycles. The normalized spacial score (nSPS) is 13.8. The molecule has 0 atom stereocenters. The molecule has 1 heterocycles. The largest absolute Gasteiger partial charge is 0.466 e. The molecule has 0 saturated carbocycles. The first kappa shape index (κ1) is 24.4. The van der Waals surface area contributed by atoms with Crippen LogP contribution >= 0.6 is 11.8 Å². The van der Waals surface area contributed by atoms with Gasteiger partial charge in [0, 0.05) is 48.1 Å². The van der Waals surface area contributed by atoms with Gasteiger partial charge in [0.1, 0.15) is 0 Å². The van der Waals surface area contributed by atoms with Crippen LogP contribution in [0.3, 0.4) is 0 Å². The van der Waals surface area contributed by atoms with E-state index in [1.807, 2.05) is 12.1 Å². The van der Waals surface area contributed by atoms with Gasteiger partial charge in [0.2, 0.25) is 0 Å². The summed E-state index contributed by atoms with van der Waals surface area (Å²) in [5, 5.41) is 0. The Labute approximate surface area is 198 Å². The number of ether oxygens (including phenoxy) is 2. The first-order chi connectivity index (χ1) is 15.9. The predicted molar refractivity (Wildman–Crippen MR) is 127 cm³/mol. The van der Waals surface area contributed by atoms with Crippen LogP contribution in [-0.2, 0) is 23.9 Å². The van der Waals surface area contributed by atoms with Gasteiger partial charge in [-0.2, -0.15) is 0 Å². The highest BCUT2D eigenvalue weighted by Gasteiger charge is 2.23. The lowest BCUT2D eigenvalue weighted by Gasteiger charge is -2.36. The molecule has 1 fully saturated rings. The average Bonchev–Trinajstić information content (AvgIpc) is 2.83. The second-order valence-corrected chi connectivity index (χ2v) is 8.75. The number of carbonyl (C=O) groups is 3. The number of methoxy groups -OCH3 is 1. The summed E-state index contributed by atoms with van der Waals surface area (Å²) in [4.78, 5) is 41.4. The van der Waals surface area contributed by atoms with Gasteiger partial charge in [-0.25, -0.2) is 9.59 Å². The summed E-state index contributed by atoms with van der Waals surface area (Å²) in [6.07, 6.45) is 1.90. The van der Waals surface area contributed by atoms with E-state index in [4.69, 9.17) is 4.74 Å². The molecule has 0 bridgehead atoms. The van der Waals surface area contributed by atoms with Gasteiger partial charge in [0.25, 0.3) is 5.91 Å². The summed E-state index contributed by atoms with van der Waals surface area (Å²) in [5.74, 6) is -1.68. The summed E-state index contributed by atoms with van der Waals surface area (Å²) in [6, 6.07) is 14.8. The van der Waals surface area contributed by atoms with Crippen LogP contribution in [0.4, 0.5) is 5.69 Å². The van der Waals surface area contributed by atoms with Gasteiger partial charge in [-0.1, -0.05) is 41.6 Å². The Morgan fingerprint density at radius 2 is 1.64 bits per heavy atom. The minimum atomic E-state index is -0.760. The van der Waals surface area contributed by atoms with Crippen molar-refractivity contribution in [1.82, 2.24) is 4.90 Å². The Hall–Kier alpha value is -3.26. The quantitative estimate of drug-likeness (QED) is 0.455. The van der Waals surface area contributed by atoms with Gasteiger partial charge in [0.05, 0.1) is 12.8 Å². The van der Waals surface area contributed by atoms with Crippen molar-refractivity contribution in [2.75, 3.05) is 44.8 Å². The monoisotopic (exact) mass is 468 g/mol. The molecule has 174 valence electrons. The summed E-state index contributed by atoms with van der Waals surface area (Å²) >= 11 is 1.75. The third-order valence-corrected chi connectivity index (χ3v) is 6.53. The number of piperazine rings is 1. The first-order valence-electron chi connectivity index (χ1n) is 10.7. The number of benzene rings is 2. The van der Waals surface area contributed by atoms with Crippen molar-refractivity contribution in [3.63, 3.8) is 0 Å². The van der Waals surface area contributed by atoms with Crippen molar-refractivity contribution in [3.05, 3.63) is 65.7 Å². The van der Waals surface area contributed by atoms with Gasteiger partial charge >= 0.3 is 11.9 Å². The molecule has 1 aliphatic rings. The molecule has 33 heavy (non-hydrogen) atoms. The SMILES string of the molecule is COC(=O)/C=C/C(=O)OCC(=O)N1CCN(c2ccccc2Sc2ccc(C)cc2C)CC1. The van der Waals surface area contributed by atoms with Crippen molar-refractivity contribution in [2.24, 2.45) is 0 Å². The van der Waals surface area contributed by atoms with E-state index in [1.54, 1.807) is 16.7 Å². The highest BCUT2D eigenvalue weighted by molar-refractivity contribution is 7.99. The number of nitrogens with zero attached hydrogens (tertiary/aromatic N) is 2. The number of aryl methyl sites for hydroxylation is 2. The molecule has 0 spiro atoms. The number of hydrogen-bond donors (Lipinski definition) is 0. The van der Waals surface area contributed by atoms with Crippen LogP contribution in [0.5, 0.6) is 0 Å². The summed E-state index contributed by atoms with van der Waals surface area (Å²) in [6.45, 7) is 6.31. The van der Waals surface area contributed by atoms with Gasteiger partial charge in [0.15, 0.2) is 6.61 Å². The zero-order chi connectivity index (χ0) is 23.8. The number of esters is 2. The third-order valence-electron chi connectivity index (χ3n) is 5.28. The molecule has 1 amide bonds. The maximum absolute atomic E-state index is 12.4. The smallest absolute Gasteiger partial charge is 0.331 e. The van der Waals surface area contributed by atoms with Crippen molar-refractivity contribution < 1.29 is 23.9 Å².